The minimum absolute atomic E-state index is 0.0289. The summed E-state index contributed by atoms with van der Waals surface area (Å²) in [7, 11) is 0. The van der Waals surface area contributed by atoms with E-state index in [1.54, 1.807) is 0 Å². The summed E-state index contributed by atoms with van der Waals surface area (Å²) in [5.74, 6) is -0.0289. The molecule has 1 aromatic carbocycles. The highest BCUT2D eigenvalue weighted by Gasteiger charge is 2.36. The van der Waals surface area contributed by atoms with E-state index in [0.29, 0.717) is 35.2 Å². The second kappa shape index (κ2) is 4.80. The van der Waals surface area contributed by atoms with Crippen molar-refractivity contribution in [1.82, 2.24) is 4.98 Å². The molecule has 0 saturated heterocycles. The van der Waals surface area contributed by atoms with Crippen LogP contribution >= 0.6 is 0 Å². The lowest BCUT2D eigenvalue weighted by atomic mass is 9.99. The highest BCUT2D eigenvalue weighted by atomic mass is 16.4. The summed E-state index contributed by atoms with van der Waals surface area (Å²) in [6.07, 6.45) is -0.0990. The Morgan fingerprint density at radius 3 is 2.55 bits per heavy atom. The third kappa shape index (κ3) is 2.13. The first-order chi connectivity index (χ1) is 10.3. The van der Waals surface area contributed by atoms with Gasteiger partial charge in [0.05, 0.1) is 22.5 Å². The van der Waals surface area contributed by atoms with E-state index in [4.69, 9.17) is 0 Å². The summed E-state index contributed by atoms with van der Waals surface area (Å²) in [4.78, 5) is 30.1. The molecule has 1 aromatic heterocycles. The Hall–Kier alpha value is -2.43. The zero-order valence-corrected chi connectivity index (χ0v) is 12.9. The summed E-state index contributed by atoms with van der Waals surface area (Å²) in [5, 5.41) is 10.4. The van der Waals surface area contributed by atoms with Gasteiger partial charge in [0.1, 0.15) is 0 Å². The smallest absolute Gasteiger partial charge is 0.412 e. The normalized spacial score (nSPS) is 14.2. The number of hydrogen-bond acceptors (Lipinski definition) is 3. The first kappa shape index (κ1) is 14.5. The van der Waals surface area contributed by atoms with Crippen molar-refractivity contribution in [2.24, 2.45) is 0 Å². The zero-order chi connectivity index (χ0) is 16.1. The van der Waals surface area contributed by atoms with Crippen molar-refractivity contribution in [2.45, 2.75) is 39.2 Å². The van der Waals surface area contributed by atoms with Crippen molar-refractivity contribution < 1.29 is 14.7 Å². The predicted octanol–water partition coefficient (Wildman–Crippen LogP) is 3.65. The van der Waals surface area contributed by atoms with Gasteiger partial charge in [0, 0.05) is 17.3 Å². The molecule has 0 fully saturated rings. The molecule has 0 aliphatic heterocycles. The summed E-state index contributed by atoms with van der Waals surface area (Å²) in [5.41, 5.74) is 1.71. The molecule has 0 saturated carbocycles. The van der Waals surface area contributed by atoms with Gasteiger partial charge >= 0.3 is 6.09 Å². The fraction of sp³-hybridized carbons (Fsp3) is 0.353. The lowest BCUT2D eigenvalue weighted by Crippen LogP contribution is -2.46. The number of anilines is 1. The van der Waals surface area contributed by atoms with Gasteiger partial charge in [-0.2, -0.15) is 0 Å². The SMILES string of the molecule is CC(C)(C)N(C(=O)O)c1c2c(nc3ccccc13)CCC2=O. The number of nitrogens with zero attached hydrogens (tertiary/aromatic N) is 2. The van der Waals surface area contributed by atoms with E-state index in [1.807, 2.05) is 45.0 Å². The van der Waals surface area contributed by atoms with E-state index in [1.165, 1.54) is 4.90 Å². The number of carbonyl (C=O) groups is 2. The third-order valence-corrected chi connectivity index (χ3v) is 3.89. The van der Waals surface area contributed by atoms with Gasteiger partial charge in [0.2, 0.25) is 0 Å². The molecule has 22 heavy (non-hydrogen) atoms. The molecule has 1 N–H and O–H groups in total. The average Bonchev–Trinajstić information content (AvgIpc) is 2.78. The Kier molecular flexibility index (Phi) is 3.16. The van der Waals surface area contributed by atoms with Gasteiger partial charge in [0.15, 0.2) is 5.78 Å². The summed E-state index contributed by atoms with van der Waals surface area (Å²) in [6.45, 7) is 5.46. The molecule has 3 rings (SSSR count). The number of Topliss-reactive ketones (excluding diaryl/α,β-unsaturated/α-hetero) is 1. The van der Waals surface area contributed by atoms with Gasteiger partial charge in [-0.1, -0.05) is 18.2 Å². The first-order valence-corrected chi connectivity index (χ1v) is 7.28. The number of carboxylic acid groups (broad SMARTS) is 1. The number of amides is 1. The molecule has 1 heterocycles. The fourth-order valence-electron chi connectivity index (χ4n) is 3.03. The van der Waals surface area contributed by atoms with E-state index in [-0.39, 0.29) is 5.78 Å². The molecule has 114 valence electrons. The maximum absolute atomic E-state index is 12.3. The largest absolute Gasteiger partial charge is 0.465 e. The number of benzene rings is 1. The van der Waals surface area contributed by atoms with Crippen LogP contribution in [0.3, 0.4) is 0 Å². The predicted molar refractivity (Wildman–Crippen MR) is 84.7 cm³/mol. The average molecular weight is 298 g/mol. The minimum atomic E-state index is -1.06. The van der Waals surface area contributed by atoms with Crippen LogP contribution in [-0.4, -0.2) is 27.5 Å². The van der Waals surface area contributed by atoms with Gasteiger partial charge < -0.3 is 5.11 Å². The van der Waals surface area contributed by atoms with E-state index in [2.05, 4.69) is 4.98 Å². The van der Waals surface area contributed by atoms with E-state index < -0.39 is 11.6 Å². The van der Waals surface area contributed by atoms with Crippen molar-refractivity contribution in [3.8, 4) is 0 Å². The quantitative estimate of drug-likeness (QED) is 0.872. The molecular weight excluding hydrogens is 280 g/mol. The molecule has 2 aromatic rings. The molecule has 1 amide bonds. The number of aromatic nitrogens is 1. The van der Waals surface area contributed by atoms with Crippen LogP contribution in [0.5, 0.6) is 0 Å². The Morgan fingerprint density at radius 1 is 1.23 bits per heavy atom. The molecule has 5 nitrogen and oxygen atoms in total. The first-order valence-electron chi connectivity index (χ1n) is 7.28. The number of fused-ring (bicyclic) bond motifs is 2. The van der Waals surface area contributed by atoms with Crippen LogP contribution in [0, 0.1) is 0 Å². The number of hydrogen-bond donors (Lipinski definition) is 1. The van der Waals surface area contributed by atoms with Crippen molar-refractivity contribution in [3.63, 3.8) is 0 Å². The molecule has 1 aliphatic rings. The summed E-state index contributed by atoms with van der Waals surface area (Å²) >= 11 is 0. The molecule has 1 aliphatic carbocycles. The minimum Gasteiger partial charge on any atom is -0.465 e. The Bertz CT molecular complexity index is 790. The zero-order valence-electron chi connectivity index (χ0n) is 12.9. The number of ketones is 1. The molecule has 0 bridgehead atoms. The molecule has 0 unspecified atom stereocenters. The lowest BCUT2D eigenvalue weighted by Gasteiger charge is -2.35. The van der Waals surface area contributed by atoms with Crippen LogP contribution < -0.4 is 4.90 Å². The van der Waals surface area contributed by atoms with Crippen LogP contribution in [-0.2, 0) is 6.42 Å². The van der Waals surface area contributed by atoms with Crippen LogP contribution in [0.25, 0.3) is 10.9 Å². The number of aryl methyl sites for hydroxylation is 1. The van der Waals surface area contributed by atoms with E-state index in [0.717, 1.165) is 5.52 Å². The molecule has 0 spiro atoms. The van der Waals surface area contributed by atoms with Crippen molar-refractivity contribution >= 4 is 28.5 Å². The van der Waals surface area contributed by atoms with Gasteiger partial charge in [-0.05, 0) is 33.3 Å². The van der Waals surface area contributed by atoms with E-state index >= 15 is 0 Å². The molecule has 5 heteroatoms. The van der Waals surface area contributed by atoms with Gasteiger partial charge in [0.25, 0.3) is 0 Å². The van der Waals surface area contributed by atoms with Crippen LogP contribution in [0.4, 0.5) is 10.5 Å². The monoisotopic (exact) mass is 298 g/mol. The fourth-order valence-corrected chi connectivity index (χ4v) is 3.03. The van der Waals surface area contributed by atoms with E-state index in [9.17, 15) is 14.7 Å². The Morgan fingerprint density at radius 2 is 1.91 bits per heavy atom. The second-order valence-corrected chi connectivity index (χ2v) is 6.51. The summed E-state index contributed by atoms with van der Waals surface area (Å²) < 4.78 is 0. The van der Waals surface area contributed by atoms with Crippen molar-refractivity contribution in [1.29, 1.82) is 0 Å². The van der Waals surface area contributed by atoms with Crippen molar-refractivity contribution in [3.05, 3.63) is 35.5 Å². The van der Waals surface area contributed by atoms with Gasteiger partial charge in [-0.3, -0.25) is 14.7 Å². The van der Waals surface area contributed by atoms with Gasteiger partial charge in [-0.25, -0.2) is 4.79 Å². The number of carbonyl (C=O) groups excluding carboxylic acids is 1. The maximum atomic E-state index is 12.3. The topological polar surface area (TPSA) is 70.5 Å². The lowest BCUT2D eigenvalue weighted by molar-refractivity contribution is 0.0995. The molecular formula is C17H18N2O3. The standard InChI is InChI=1S/C17H18N2O3/c1-17(2,3)19(16(21)22)15-10-6-4-5-7-11(10)18-12-8-9-13(20)14(12)15/h4-7H,8-9H2,1-3H3,(H,21,22). The maximum Gasteiger partial charge on any atom is 0.412 e. The Balaban J connectivity index is 2.43. The number of para-hydroxylation sites is 1. The second-order valence-electron chi connectivity index (χ2n) is 6.51. The van der Waals surface area contributed by atoms with Crippen LogP contribution in [0.15, 0.2) is 24.3 Å². The van der Waals surface area contributed by atoms with Crippen LogP contribution in [0.2, 0.25) is 0 Å². The van der Waals surface area contributed by atoms with Gasteiger partial charge in [-0.15, -0.1) is 0 Å². The summed E-state index contributed by atoms with van der Waals surface area (Å²) in [6, 6.07) is 7.38. The highest BCUT2D eigenvalue weighted by Crippen LogP contribution is 2.39. The third-order valence-electron chi connectivity index (χ3n) is 3.89. The molecule has 0 radical (unpaired) electrons. The number of rotatable bonds is 1. The number of pyridine rings is 1. The Labute approximate surface area is 128 Å². The highest BCUT2D eigenvalue weighted by molar-refractivity contribution is 6.14. The molecule has 0 atom stereocenters. The van der Waals surface area contributed by atoms with Crippen molar-refractivity contribution in [2.75, 3.05) is 4.90 Å². The van der Waals surface area contributed by atoms with Crippen LogP contribution in [0.1, 0.15) is 43.2 Å².